The zero-order chi connectivity index (χ0) is 8.20. The maximum atomic E-state index is 11.6. The molecule has 0 unspecified atom stereocenters. The molecular weight excluding hydrogens is 163 g/mol. The van der Waals surface area contributed by atoms with Crippen molar-refractivity contribution in [3.8, 4) is 0 Å². The van der Waals surface area contributed by atoms with E-state index < -0.39 is 12.7 Å². The Morgan fingerprint density at radius 2 is 1.90 bits per heavy atom. The van der Waals surface area contributed by atoms with Gasteiger partial charge >= 0.3 is 6.18 Å². The van der Waals surface area contributed by atoms with Crippen molar-refractivity contribution in [2.24, 2.45) is 0 Å². The molecule has 0 aliphatic heterocycles. The minimum atomic E-state index is -4.09. The number of halogens is 3. The van der Waals surface area contributed by atoms with Crippen LogP contribution in [0.2, 0.25) is 0 Å². The van der Waals surface area contributed by atoms with Gasteiger partial charge in [0.15, 0.2) is 0 Å². The molecule has 0 fully saturated rings. The lowest BCUT2D eigenvalue weighted by Gasteiger charge is -2.16. The van der Waals surface area contributed by atoms with Crippen LogP contribution in [0.5, 0.6) is 0 Å². The zero-order valence-electron chi connectivity index (χ0n) is 5.65. The second-order valence-electron chi connectivity index (χ2n) is 2.08. The lowest BCUT2D eigenvalue weighted by atomic mass is 10.5. The summed E-state index contributed by atoms with van der Waals surface area (Å²) in [5.74, 6) is 0.451. The second-order valence-corrected chi connectivity index (χ2v) is 2.52. The summed E-state index contributed by atoms with van der Waals surface area (Å²) in [5.41, 5.74) is 0. The van der Waals surface area contributed by atoms with E-state index in [2.05, 4.69) is 12.6 Å². The van der Waals surface area contributed by atoms with Crippen molar-refractivity contribution in [1.82, 2.24) is 4.90 Å². The second kappa shape index (κ2) is 4.08. The van der Waals surface area contributed by atoms with Crippen LogP contribution in [0.1, 0.15) is 0 Å². The first-order valence-corrected chi connectivity index (χ1v) is 3.45. The highest BCUT2D eigenvalue weighted by Gasteiger charge is 2.28. The summed E-state index contributed by atoms with van der Waals surface area (Å²) in [4.78, 5) is 1.19. The summed E-state index contributed by atoms with van der Waals surface area (Å²) in [6.45, 7) is -0.490. The van der Waals surface area contributed by atoms with Crippen LogP contribution >= 0.6 is 12.6 Å². The van der Waals surface area contributed by atoms with Crippen LogP contribution in [0.4, 0.5) is 13.2 Å². The molecule has 0 saturated carbocycles. The van der Waals surface area contributed by atoms with Crippen molar-refractivity contribution in [3.05, 3.63) is 0 Å². The van der Waals surface area contributed by atoms with E-state index in [9.17, 15) is 13.2 Å². The van der Waals surface area contributed by atoms with Crippen molar-refractivity contribution >= 4 is 12.6 Å². The smallest absolute Gasteiger partial charge is 0.297 e. The van der Waals surface area contributed by atoms with Gasteiger partial charge in [-0.05, 0) is 7.05 Å². The molecule has 0 rings (SSSR count). The average Bonchev–Trinajstić information content (AvgIpc) is 1.59. The fourth-order valence-corrected chi connectivity index (χ4v) is 0.897. The molecule has 0 saturated heterocycles. The molecule has 10 heavy (non-hydrogen) atoms. The number of alkyl halides is 3. The summed E-state index contributed by atoms with van der Waals surface area (Å²) >= 11 is 3.80. The molecule has 0 N–H and O–H groups in total. The number of nitrogens with zero attached hydrogens (tertiary/aromatic N) is 1. The number of hydrogen-bond acceptors (Lipinski definition) is 2. The molecule has 0 aromatic carbocycles. The Kier molecular flexibility index (Phi) is 4.12. The van der Waals surface area contributed by atoms with Gasteiger partial charge in [0, 0.05) is 12.3 Å². The maximum absolute atomic E-state index is 11.6. The van der Waals surface area contributed by atoms with Gasteiger partial charge in [-0.15, -0.1) is 0 Å². The summed E-state index contributed by atoms with van der Waals surface area (Å²) in [5, 5.41) is 0. The maximum Gasteiger partial charge on any atom is 0.401 e. The molecule has 0 aromatic heterocycles. The molecule has 62 valence electrons. The summed E-state index contributed by atoms with van der Waals surface area (Å²) < 4.78 is 34.7. The van der Waals surface area contributed by atoms with E-state index in [4.69, 9.17) is 0 Å². The topological polar surface area (TPSA) is 3.24 Å². The average molecular weight is 173 g/mol. The summed E-state index contributed by atoms with van der Waals surface area (Å²) in [7, 11) is 1.42. The predicted molar refractivity (Wildman–Crippen MR) is 37.4 cm³/mol. The Morgan fingerprint density at radius 3 is 2.20 bits per heavy atom. The standard InChI is InChI=1S/C5H10F3NS/c1-9(2-3-10)4-5(6,7)8/h10H,2-4H2,1H3. The van der Waals surface area contributed by atoms with E-state index in [0.29, 0.717) is 12.3 Å². The van der Waals surface area contributed by atoms with Crippen LogP contribution in [0, 0.1) is 0 Å². The molecule has 0 aromatic rings. The first-order chi connectivity index (χ1) is 4.45. The molecular formula is C5H10F3NS. The number of thiol groups is 1. The van der Waals surface area contributed by atoms with E-state index in [1.54, 1.807) is 0 Å². The number of rotatable bonds is 3. The van der Waals surface area contributed by atoms with Crippen LogP contribution in [0.15, 0.2) is 0 Å². The Hall–Kier alpha value is 0.100. The minimum Gasteiger partial charge on any atom is -0.297 e. The van der Waals surface area contributed by atoms with Crippen LogP contribution in [0.3, 0.4) is 0 Å². The molecule has 0 heterocycles. The third-order valence-corrected chi connectivity index (χ3v) is 1.13. The van der Waals surface area contributed by atoms with Crippen molar-refractivity contribution in [2.75, 3.05) is 25.9 Å². The zero-order valence-corrected chi connectivity index (χ0v) is 6.54. The van der Waals surface area contributed by atoms with Crippen molar-refractivity contribution in [3.63, 3.8) is 0 Å². The van der Waals surface area contributed by atoms with Gasteiger partial charge in [0.05, 0.1) is 6.54 Å². The Labute approximate surface area is 63.6 Å². The molecule has 1 nitrogen and oxygen atoms in total. The van der Waals surface area contributed by atoms with Crippen molar-refractivity contribution in [1.29, 1.82) is 0 Å². The fourth-order valence-electron chi connectivity index (χ4n) is 0.556. The highest BCUT2D eigenvalue weighted by atomic mass is 32.1. The molecule has 0 aliphatic rings. The van der Waals surface area contributed by atoms with Gasteiger partial charge < -0.3 is 0 Å². The largest absolute Gasteiger partial charge is 0.401 e. The molecule has 0 radical (unpaired) electrons. The van der Waals surface area contributed by atoms with Crippen molar-refractivity contribution < 1.29 is 13.2 Å². The molecule has 5 heteroatoms. The van der Waals surface area contributed by atoms with E-state index >= 15 is 0 Å². The van der Waals surface area contributed by atoms with Crippen LogP contribution in [-0.4, -0.2) is 37.0 Å². The fraction of sp³-hybridized carbons (Fsp3) is 1.00. The van der Waals surface area contributed by atoms with Gasteiger partial charge in [-0.2, -0.15) is 25.8 Å². The van der Waals surface area contributed by atoms with Crippen LogP contribution in [0.25, 0.3) is 0 Å². The Bertz CT molecular complexity index is 93.4. The highest BCUT2D eigenvalue weighted by Crippen LogP contribution is 2.15. The molecule has 0 aliphatic carbocycles. The Balaban J connectivity index is 3.47. The lowest BCUT2D eigenvalue weighted by molar-refractivity contribution is -0.142. The molecule has 0 amide bonds. The third-order valence-electron chi connectivity index (χ3n) is 0.931. The minimum absolute atomic E-state index is 0.364. The SMILES string of the molecule is CN(CCS)CC(F)(F)F. The quantitative estimate of drug-likeness (QED) is 0.631. The van der Waals surface area contributed by atoms with E-state index in [1.165, 1.54) is 11.9 Å². The summed E-state index contributed by atoms with van der Waals surface area (Å²) in [6, 6.07) is 0. The van der Waals surface area contributed by atoms with Crippen LogP contribution < -0.4 is 0 Å². The summed E-state index contributed by atoms with van der Waals surface area (Å²) in [6.07, 6.45) is -4.09. The lowest BCUT2D eigenvalue weighted by Crippen LogP contribution is -2.32. The van der Waals surface area contributed by atoms with Gasteiger partial charge in [-0.1, -0.05) is 0 Å². The molecule has 0 spiro atoms. The number of hydrogen-bond donors (Lipinski definition) is 1. The highest BCUT2D eigenvalue weighted by molar-refractivity contribution is 7.80. The van der Waals surface area contributed by atoms with E-state index in [-0.39, 0.29) is 0 Å². The molecule has 0 atom stereocenters. The van der Waals surface area contributed by atoms with Crippen LogP contribution in [-0.2, 0) is 0 Å². The first-order valence-electron chi connectivity index (χ1n) is 2.82. The van der Waals surface area contributed by atoms with Gasteiger partial charge in [0.1, 0.15) is 0 Å². The monoisotopic (exact) mass is 173 g/mol. The van der Waals surface area contributed by atoms with Gasteiger partial charge in [0.25, 0.3) is 0 Å². The van der Waals surface area contributed by atoms with Gasteiger partial charge in [-0.25, -0.2) is 0 Å². The normalized spacial score (nSPS) is 12.6. The van der Waals surface area contributed by atoms with E-state index in [0.717, 1.165) is 0 Å². The predicted octanol–water partition coefficient (Wildman–Crippen LogP) is 1.41. The molecule has 0 bridgehead atoms. The van der Waals surface area contributed by atoms with Gasteiger partial charge in [-0.3, -0.25) is 4.90 Å². The third kappa shape index (κ3) is 6.22. The van der Waals surface area contributed by atoms with Gasteiger partial charge in [0.2, 0.25) is 0 Å². The Morgan fingerprint density at radius 1 is 1.40 bits per heavy atom. The first kappa shape index (κ1) is 10.1. The van der Waals surface area contributed by atoms with E-state index in [1.807, 2.05) is 0 Å². The van der Waals surface area contributed by atoms with Crippen molar-refractivity contribution in [2.45, 2.75) is 6.18 Å².